The van der Waals surface area contributed by atoms with Gasteiger partial charge in [0.25, 0.3) is 0 Å². The molecule has 192 valence electrons. The van der Waals surface area contributed by atoms with E-state index in [1.165, 1.54) is 56.9 Å². The Morgan fingerprint density at radius 3 is 2.29 bits per heavy atom. The molecule has 0 aromatic carbocycles. The minimum absolute atomic E-state index is 0.0946. The van der Waals surface area contributed by atoms with Gasteiger partial charge in [-0.3, -0.25) is 0 Å². The van der Waals surface area contributed by atoms with Crippen LogP contribution < -0.4 is 0 Å². The van der Waals surface area contributed by atoms with Crippen LogP contribution in [0.5, 0.6) is 0 Å². The van der Waals surface area contributed by atoms with Gasteiger partial charge in [-0.2, -0.15) is 0 Å². The highest BCUT2D eigenvalue weighted by Crippen LogP contribution is 2.77. The Balaban J connectivity index is 1.55. The molecule has 3 heteroatoms. The molecule has 0 aromatic heterocycles. The van der Waals surface area contributed by atoms with Gasteiger partial charge in [0.1, 0.15) is 0 Å². The van der Waals surface area contributed by atoms with Crippen molar-refractivity contribution in [2.24, 2.45) is 61.8 Å². The predicted molar refractivity (Wildman–Crippen MR) is 140 cm³/mol. The summed E-state index contributed by atoms with van der Waals surface area (Å²) in [5.74, 6) is 3.43. The molecule has 5 aliphatic carbocycles. The van der Waals surface area contributed by atoms with Crippen LogP contribution in [0.25, 0.3) is 0 Å². The van der Waals surface area contributed by atoms with E-state index in [0.29, 0.717) is 34.0 Å². The van der Waals surface area contributed by atoms with Crippen LogP contribution in [0.3, 0.4) is 0 Å². The van der Waals surface area contributed by atoms with Gasteiger partial charge >= 0.3 is 0 Å². The Bertz CT molecular complexity index is 881. The maximum Gasteiger partial charge on any atom is 0.0655 e. The average molecular weight is 470 g/mol. The van der Waals surface area contributed by atoms with Gasteiger partial charge in [0.05, 0.1) is 12.3 Å². The van der Waals surface area contributed by atoms with Crippen LogP contribution in [-0.2, 0) is 0 Å². The largest absolute Gasteiger partial charge is 0.411 e. The molecule has 5 saturated carbocycles. The summed E-state index contributed by atoms with van der Waals surface area (Å²) in [6.45, 7) is 19.5. The fourth-order valence-corrected chi connectivity index (χ4v) is 11.9. The maximum atomic E-state index is 10.5. The molecular weight excluding hydrogens is 418 g/mol. The molecule has 10 atom stereocenters. The zero-order chi connectivity index (χ0) is 24.7. The van der Waals surface area contributed by atoms with Crippen LogP contribution in [0, 0.1) is 56.7 Å². The molecule has 5 aliphatic rings. The Labute approximate surface area is 208 Å². The van der Waals surface area contributed by atoms with Crippen LogP contribution in [0.1, 0.15) is 112 Å². The van der Waals surface area contributed by atoms with Gasteiger partial charge in [-0.15, -0.1) is 0 Å². The molecule has 0 bridgehead atoms. The first-order chi connectivity index (χ1) is 16.0. The van der Waals surface area contributed by atoms with E-state index in [0.717, 1.165) is 36.8 Å². The Hall–Kier alpha value is -0.830. The van der Waals surface area contributed by atoms with Gasteiger partial charge in [-0.05, 0) is 122 Å². The van der Waals surface area contributed by atoms with E-state index < -0.39 is 0 Å². The Morgan fingerprint density at radius 2 is 1.68 bits per heavy atom. The van der Waals surface area contributed by atoms with E-state index >= 15 is 0 Å². The number of rotatable bonds is 3. The van der Waals surface area contributed by atoms with Gasteiger partial charge < -0.3 is 10.3 Å². The van der Waals surface area contributed by atoms with Crippen molar-refractivity contribution in [2.75, 3.05) is 6.61 Å². The first-order valence-electron chi connectivity index (χ1n) is 14.4. The van der Waals surface area contributed by atoms with Crippen LogP contribution in [0.4, 0.5) is 0 Å². The van der Waals surface area contributed by atoms with Crippen molar-refractivity contribution in [2.45, 2.75) is 112 Å². The summed E-state index contributed by atoms with van der Waals surface area (Å²) in [5.41, 5.74) is 3.36. The first-order valence-corrected chi connectivity index (χ1v) is 14.4. The van der Waals surface area contributed by atoms with Crippen LogP contribution in [0.2, 0.25) is 0 Å². The van der Waals surface area contributed by atoms with Crippen molar-refractivity contribution in [3.63, 3.8) is 0 Å². The topological polar surface area (TPSA) is 52.8 Å². The summed E-state index contributed by atoms with van der Waals surface area (Å²) < 4.78 is 0. The molecule has 0 amide bonds. The molecule has 34 heavy (non-hydrogen) atoms. The van der Waals surface area contributed by atoms with E-state index in [-0.39, 0.29) is 17.4 Å². The molecule has 0 heterocycles. The van der Waals surface area contributed by atoms with Gasteiger partial charge in [-0.1, -0.05) is 58.3 Å². The summed E-state index contributed by atoms with van der Waals surface area (Å²) >= 11 is 0. The minimum Gasteiger partial charge on any atom is -0.411 e. The van der Waals surface area contributed by atoms with Crippen molar-refractivity contribution >= 4 is 5.71 Å². The van der Waals surface area contributed by atoms with Crippen LogP contribution >= 0.6 is 0 Å². The standard InChI is InChI=1S/C31H51NO2/c1-8-31-16-11-21(20(2)3)26(31)22-9-10-24-27(4)14-13-25(32-34)28(5,19-33)23(27)12-15-30(24,7)29(22,6)17-18-31/h21-24,26,33-34H,2,8-19H2,1,3-7H3/b32-25-/t21-,22+,23+,24+,26+,27-,28-,29+,30+,31+/m0/s1. The second-order valence-electron chi connectivity index (χ2n) is 14.5. The second kappa shape index (κ2) is 7.83. The fraction of sp³-hybridized carbons (Fsp3) is 0.903. The molecule has 0 aliphatic heterocycles. The molecule has 0 spiro atoms. The van der Waals surface area contributed by atoms with E-state index in [2.05, 4.69) is 53.3 Å². The minimum atomic E-state index is -0.388. The lowest BCUT2D eigenvalue weighted by Gasteiger charge is -2.72. The molecular formula is C31H51NO2. The lowest BCUT2D eigenvalue weighted by molar-refractivity contribution is -0.230. The van der Waals surface area contributed by atoms with E-state index in [4.69, 9.17) is 0 Å². The van der Waals surface area contributed by atoms with Gasteiger partial charge in [-0.25, -0.2) is 0 Å². The van der Waals surface area contributed by atoms with E-state index in [9.17, 15) is 10.3 Å². The highest BCUT2D eigenvalue weighted by Gasteiger charge is 2.70. The average Bonchev–Trinajstić information content (AvgIpc) is 3.20. The van der Waals surface area contributed by atoms with Crippen molar-refractivity contribution < 1.29 is 10.3 Å². The fourth-order valence-electron chi connectivity index (χ4n) is 11.9. The van der Waals surface area contributed by atoms with E-state index in [1.807, 2.05) is 0 Å². The zero-order valence-corrected chi connectivity index (χ0v) is 22.9. The highest BCUT2D eigenvalue weighted by molar-refractivity contribution is 5.91. The number of hydrogen-bond acceptors (Lipinski definition) is 3. The molecule has 0 aromatic rings. The Kier molecular flexibility index (Phi) is 5.72. The number of nitrogens with zero attached hydrogens (tertiary/aromatic N) is 1. The number of hydrogen-bond donors (Lipinski definition) is 2. The monoisotopic (exact) mass is 469 g/mol. The van der Waals surface area contributed by atoms with Crippen molar-refractivity contribution in [1.82, 2.24) is 0 Å². The molecule has 5 fully saturated rings. The third-order valence-corrected chi connectivity index (χ3v) is 14.0. The summed E-state index contributed by atoms with van der Waals surface area (Å²) in [5, 5.41) is 24.0. The molecule has 3 nitrogen and oxygen atoms in total. The number of allylic oxidation sites excluding steroid dienone is 1. The van der Waals surface area contributed by atoms with Crippen molar-refractivity contribution in [3.8, 4) is 0 Å². The van der Waals surface area contributed by atoms with Crippen LogP contribution in [-0.4, -0.2) is 22.6 Å². The number of aliphatic hydroxyl groups is 1. The first kappa shape index (κ1) is 24.8. The van der Waals surface area contributed by atoms with E-state index in [1.54, 1.807) is 0 Å². The second-order valence-corrected chi connectivity index (χ2v) is 14.5. The normalized spacial score (nSPS) is 55.7. The maximum absolute atomic E-state index is 10.5. The summed E-state index contributed by atoms with van der Waals surface area (Å²) in [6, 6.07) is 0. The lowest BCUT2D eigenvalue weighted by Crippen LogP contribution is -2.66. The molecule has 2 N–H and O–H groups in total. The molecule has 0 unspecified atom stereocenters. The Morgan fingerprint density at radius 1 is 0.941 bits per heavy atom. The summed E-state index contributed by atoms with van der Waals surface area (Å²) in [7, 11) is 0. The van der Waals surface area contributed by atoms with Gasteiger partial charge in [0.15, 0.2) is 0 Å². The quantitative estimate of drug-likeness (QED) is 0.251. The lowest BCUT2D eigenvalue weighted by atomic mass is 9.32. The molecule has 0 saturated heterocycles. The smallest absolute Gasteiger partial charge is 0.0655 e. The van der Waals surface area contributed by atoms with Crippen LogP contribution in [0.15, 0.2) is 17.3 Å². The predicted octanol–water partition coefficient (Wildman–Crippen LogP) is 7.86. The zero-order valence-electron chi connectivity index (χ0n) is 22.9. The van der Waals surface area contributed by atoms with Gasteiger partial charge in [0.2, 0.25) is 0 Å². The third-order valence-electron chi connectivity index (χ3n) is 14.0. The SMILES string of the molecule is C=C(C)[C@@H]1CC[C@]2(CC)CC[C@]3(C)[C@H](CC[C@@H]4[C@@]5(C)CC/C(=N/O)[C@@](C)(CO)[C@@H]5CC[C@]43C)[C@@H]12. The number of fused-ring (bicyclic) bond motifs is 7. The molecule has 0 radical (unpaired) electrons. The summed E-state index contributed by atoms with van der Waals surface area (Å²) in [6.07, 6.45) is 13.9. The highest BCUT2D eigenvalue weighted by atomic mass is 16.4. The van der Waals surface area contributed by atoms with Crippen molar-refractivity contribution in [1.29, 1.82) is 0 Å². The molecule has 5 rings (SSSR count). The number of oxime groups is 1. The third kappa shape index (κ3) is 2.83. The van der Waals surface area contributed by atoms with Crippen molar-refractivity contribution in [3.05, 3.63) is 12.2 Å². The summed E-state index contributed by atoms with van der Waals surface area (Å²) in [4.78, 5) is 0. The van der Waals surface area contributed by atoms with Gasteiger partial charge in [0, 0.05) is 5.41 Å². The number of aliphatic hydroxyl groups excluding tert-OH is 1.